The number of hydrogen-bond acceptors (Lipinski definition) is 3. The molecule has 1 heterocycles. The summed E-state index contributed by atoms with van der Waals surface area (Å²) in [4.78, 5) is 3.79. The van der Waals surface area contributed by atoms with Crippen molar-refractivity contribution in [1.29, 1.82) is 0 Å². The van der Waals surface area contributed by atoms with E-state index in [1.165, 1.54) is 0 Å². The van der Waals surface area contributed by atoms with Gasteiger partial charge in [-0.05, 0) is 38.1 Å². The molecule has 0 radical (unpaired) electrons. The molecule has 0 saturated carbocycles. The minimum absolute atomic E-state index is 0.204. The molecular formula is C18H22N2O2S. The minimum Gasteiger partial charge on any atom is -0.633 e. The SMILES string of the molecule is CC[N+]([O-])(CC)CCN1c2ccccc2S(=O)c2ccccc21. The highest BCUT2D eigenvalue weighted by Gasteiger charge is 2.28. The molecule has 23 heavy (non-hydrogen) atoms. The highest BCUT2D eigenvalue weighted by molar-refractivity contribution is 7.85. The summed E-state index contributed by atoms with van der Waals surface area (Å²) in [5.74, 6) is 0. The molecule has 0 N–H and O–H groups in total. The van der Waals surface area contributed by atoms with E-state index in [2.05, 4.69) is 4.90 Å². The first kappa shape index (κ1) is 16.2. The Morgan fingerprint density at radius 1 is 0.957 bits per heavy atom. The fourth-order valence-corrected chi connectivity index (χ4v) is 4.36. The smallest absolute Gasteiger partial charge is 0.0966 e. The summed E-state index contributed by atoms with van der Waals surface area (Å²) in [5.41, 5.74) is 1.89. The van der Waals surface area contributed by atoms with Crippen LogP contribution in [0.25, 0.3) is 0 Å². The third-order valence-electron chi connectivity index (χ3n) is 4.60. The summed E-state index contributed by atoms with van der Waals surface area (Å²) in [6, 6.07) is 15.5. The van der Waals surface area contributed by atoms with Crippen LogP contribution in [0.2, 0.25) is 0 Å². The second-order valence-corrected chi connectivity index (χ2v) is 7.19. The Hall–Kier alpha value is -1.69. The monoisotopic (exact) mass is 330 g/mol. The van der Waals surface area contributed by atoms with Crippen molar-refractivity contribution in [3.05, 3.63) is 53.7 Å². The lowest BCUT2D eigenvalue weighted by atomic mass is 10.2. The van der Waals surface area contributed by atoms with Crippen molar-refractivity contribution < 1.29 is 8.86 Å². The van der Waals surface area contributed by atoms with Crippen LogP contribution in [0.1, 0.15) is 13.8 Å². The van der Waals surface area contributed by atoms with E-state index in [1.807, 2.05) is 62.4 Å². The van der Waals surface area contributed by atoms with E-state index >= 15 is 0 Å². The van der Waals surface area contributed by atoms with Crippen molar-refractivity contribution in [3.8, 4) is 0 Å². The van der Waals surface area contributed by atoms with Crippen LogP contribution in [0, 0.1) is 5.21 Å². The van der Waals surface area contributed by atoms with E-state index in [0.717, 1.165) is 21.2 Å². The number of hydroxylamine groups is 3. The number of anilines is 2. The molecular weight excluding hydrogens is 308 g/mol. The van der Waals surface area contributed by atoms with E-state index in [4.69, 9.17) is 0 Å². The Bertz CT molecular complexity index is 679. The number of fused-ring (bicyclic) bond motifs is 2. The molecule has 5 heteroatoms. The number of nitrogens with zero attached hydrogens (tertiary/aromatic N) is 2. The van der Waals surface area contributed by atoms with Crippen LogP contribution in [0.3, 0.4) is 0 Å². The molecule has 0 amide bonds. The van der Waals surface area contributed by atoms with E-state index in [9.17, 15) is 9.42 Å². The maximum Gasteiger partial charge on any atom is 0.0966 e. The standard InChI is InChI=1S/C18H22N2O2S/c1-3-20(21,4-2)14-13-19-15-9-5-7-11-17(15)23(22)18-12-8-6-10-16(18)19/h5-12H,3-4,13-14H2,1-2H3. The molecule has 0 aromatic heterocycles. The normalized spacial score (nSPS) is 14.5. The number of rotatable bonds is 5. The van der Waals surface area contributed by atoms with Crippen molar-refractivity contribution in [2.45, 2.75) is 23.6 Å². The first-order valence-electron chi connectivity index (χ1n) is 8.04. The summed E-state index contributed by atoms with van der Waals surface area (Å²) in [6.07, 6.45) is 0. The second kappa shape index (κ2) is 6.43. The van der Waals surface area contributed by atoms with Gasteiger partial charge in [-0.1, -0.05) is 24.3 Å². The lowest BCUT2D eigenvalue weighted by Crippen LogP contribution is -2.46. The maximum atomic E-state index is 12.8. The van der Waals surface area contributed by atoms with Gasteiger partial charge in [0.25, 0.3) is 0 Å². The zero-order valence-electron chi connectivity index (χ0n) is 13.6. The Kier molecular flexibility index (Phi) is 4.53. The van der Waals surface area contributed by atoms with Gasteiger partial charge < -0.3 is 14.8 Å². The number of likely N-dealkylation sites (N-methyl/N-ethyl adjacent to an activating group) is 1. The Labute approximate surface area is 140 Å². The number of hydrogen-bond donors (Lipinski definition) is 0. The van der Waals surface area contributed by atoms with Crippen LogP contribution < -0.4 is 4.90 Å². The Balaban J connectivity index is 2.00. The molecule has 0 aliphatic carbocycles. The Morgan fingerprint density at radius 2 is 1.43 bits per heavy atom. The summed E-state index contributed by atoms with van der Waals surface area (Å²) in [5, 5.41) is 12.6. The molecule has 4 nitrogen and oxygen atoms in total. The molecule has 1 aliphatic heterocycles. The molecule has 0 unspecified atom stereocenters. The van der Waals surface area contributed by atoms with Crippen LogP contribution in [0.15, 0.2) is 58.3 Å². The van der Waals surface area contributed by atoms with Gasteiger partial charge in [-0.3, -0.25) is 0 Å². The van der Waals surface area contributed by atoms with Gasteiger partial charge in [0.15, 0.2) is 0 Å². The predicted molar refractivity (Wildman–Crippen MR) is 94.1 cm³/mol. The van der Waals surface area contributed by atoms with Crippen molar-refractivity contribution in [2.24, 2.45) is 0 Å². The molecule has 2 aromatic rings. The van der Waals surface area contributed by atoms with E-state index in [-0.39, 0.29) is 4.65 Å². The first-order valence-corrected chi connectivity index (χ1v) is 9.19. The average molecular weight is 330 g/mol. The predicted octanol–water partition coefficient (Wildman–Crippen LogP) is 3.66. The molecule has 3 rings (SSSR count). The van der Waals surface area contributed by atoms with Gasteiger partial charge in [-0.25, -0.2) is 4.21 Å². The van der Waals surface area contributed by atoms with Crippen LogP contribution >= 0.6 is 0 Å². The van der Waals surface area contributed by atoms with Crippen molar-refractivity contribution in [1.82, 2.24) is 0 Å². The van der Waals surface area contributed by atoms with E-state index < -0.39 is 10.8 Å². The molecule has 1 aliphatic rings. The number of quaternary nitrogens is 1. The van der Waals surface area contributed by atoms with Crippen LogP contribution in [-0.4, -0.2) is 35.0 Å². The van der Waals surface area contributed by atoms with E-state index in [1.54, 1.807) is 0 Å². The lowest BCUT2D eigenvalue weighted by molar-refractivity contribution is -0.875. The maximum absolute atomic E-state index is 12.8. The minimum atomic E-state index is -1.16. The molecule has 0 atom stereocenters. The summed E-state index contributed by atoms with van der Waals surface area (Å²) in [7, 11) is -1.16. The molecule has 0 bridgehead atoms. The van der Waals surface area contributed by atoms with Crippen molar-refractivity contribution in [3.63, 3.8) is 0 Å². The largest absolute Gasteiger partial charge is 0.633 e. The Morgan fingerprint density at radius 3 is 1.91 bits per heavy atom. The average Bonchev–Trinajstić information content (AvgIpc) is 2.61. The fourth-order valence-electron chi connectivity index (χ4n) is 2.99. The van der Waals surface area contributed by atoms with Crippen molar-refractivity contribution in [2.75, 3.05) is 31.1 Å². The quantitative estimate of drug-likeness (QED) is 0.621. The van der Waals surface area contributed by atoms with Gasteiger partial charge in [0.05, 0.1) is 58.1 Å². The van der Waals surface area contributed by atoms with Crippen LogP contribution in [0.4, 0.5) is 11.4 Å². The number of benzene rings is 2. The summed E-state index contributed by atoms with van der Waals surface area (Å²) in [6.45, 7) is 6.14. The van der Waals surface area contributed by atoms with Gasteiger partial charge in [0.2, 0.25) is 0 Å². The topological polar surface area (TPSA) is 43.4 Å². The number of para-hydroxylation sites is 2. The summed E-state index contributed by atoms with van der Waals surface area (Å²) < 4.78 is 12.6. The van der Waals surface area contributed by atoms with Gasteiger partial charge in [-0.15, -0.1) is 0 Å². The zero-order valence-corrected chi connectivity index (χ0v) is 14.4. The van der Waals surface area contributed by atoms with Crippen molar-refractivity contribution >= 4 is 22.2 Å². The first-order chi connectivity index (χ1) is 11.1. The fraction of sp³-hybridized carbons (Fsp3) is 0.333. The summed E-state index contributed by atoms with van der Waals surface area (Å²) >= 11 is 0. The van der Waals surface area contributed by atoms with Crippen LogP contribution in [0.5, 0.6) is 0 Å². The third-order valence-corrected chi connectivity index (χ3v) is 6.08. The molecule has 0 fully saturated rings. The van der Waals surface area contributed by atoms with E-state index in [0.29, 0.717) is 26.2 Å². The molecule has 0 spiro atoms. The lowest BCUT2D eigenvalue weighted by Gasteiger charge is -2.43. The molecule has 0 saturated heterocycles. The zero-order chi connectivity index (χ0) is 16.4. The van der Waals surface area contributed by atoms with Gasteiger partial charge in [0.1, 0.15) is 0 Å². The third kappa shape index (κ3) is 2.92. The second-order valence-electron chi connectivity index (χ2n) is 5.77. The molecule has 122 valence electrons. The molecule has 2 aromatic carbocycles. The van der Waals surface area contributed by atoms with Gasteiger partial charge in [-0.2, -0.15) is 0 Å². The van der Waals surface area contributed by atoms with Gasteiger partial charge in [0, 0.05) is 0 Å². The highest BCUT2D eigenvalue weighted by Crippen LogP contribution is 2.41. The van der Waals surface area contributed by atoms with Crippen LogP contribution in [-0.2, 0) is 10.8 Å². The van der Waals surface area contributed by atoms with Gasteiger partial charge >= 0.3 is 0 Å². The highest BCUT2D eigenvalue weighted by atomic mass is 32.2.